The van der Waals surface area contributed by atoms with E-state index in [1.165, 1.54) is 0 Å². The molecule has 0 atom stereocenters. The van der Waals surface area contributed by atoms with Crippen molar-refractivity contribution in [3.8, 4) is 0 Å². The van der Waals surface area contributed by atoms with Gasteiger partial charge in [-0.1, -0.05) is 0 Å². The number of nitrogens with one attached hydrogen (secondary N) is 1. The van der Waals surface area contributed by atoms with Crippen LogP contribution in [0.2, 0.25) is 0 Å². The molecule has 18 heavy (non-hydrogen) atoms. The molecule has 5 nitrogen and oxygen atoms in total. The van der Waals surface area contributed by atoms with E-state index in [9.17, 15) is 9.59 Å². The molecule has 1 N–H and O–H groups in total. The summed E-state index contributed by atoms with van der Waals surface area (Å²) in [6.07, 6.45) is 0.252. The molecule has 1 radical (unpaired) electrons. The maximum atomic E-state index is 11.7. The molecule has 0 spiro atoms. The van der Waals surface area contributed by atoms with Gasteiger partial charge < -0.3 is 9.47 Å². The number of ether oxygens (including phenoxy) is 2. The summed E-state index contributed by atoms with van der Waals surface area (Å²) in [5.41, 5.74) is 2.40. The Morgan fingerprint density at radius 3 is 1.72 bits per heavy atom. The third-order valence-corrected chi connectivity index (χ3v) is 2.68. The van der Waals surface area contributed by atoms with Crippen LogP contribution in [0.15, 0.2) is 22.5 Å². The first-order valence-electron chi connectivity index (χ1n) is 6.02. The Bertz CT molecular complexity index is 383. The van der Waals surface area contributed by atoms with E-state index in [0.717, 1.165) is 11.4 Å². The van der Waals surface area contributed by atoms with E-state index >= 15 is 0 Å². The van der Waals surface area contributed by atoms with Gasteiger partial charge in [0.1, 0.15) is 11.1 Å². The maximum absolute atomic E-state index is 11.7. The van der Waals surface area contributed by atoms with Crippen LogP contribution < -0.4 is 5.32 Å². The molecule has 99 valence electrons. The van der Waals surface area contributed by atoms with Gasteiger partial charge in [-0.05, 0) is 13.8 Å². The predicted molar refractivity (Wildman–Crippen MR) is 64.2 cm³/mol. The predicted octanol–water partition coefficient (Wildman–Crippen LogP) is 0.413. The number of hydrogen-bond donors (Lipinski definition) is 1. The minimum absolute atomic E-state index is 0.252. The SMILES string of the molecule is CCOC(=O)C1=C(C)[NH+]C(C)=C(C(=O)OCC)C1. The average Bonchev–Trinajstić information content (AvgIpc) is 2.29. The van der Waals surface area contributed by atoms with Crippen molar-refractivity contribution in [2.75, 3.05) is 13.2 Å². The highest BCUT2D eigenvalue weighted by atomic mass is 16.5. The maximum Gasteiger partial charge on any atom is 0.340 e. The highest BCUT2D eigenvalue weighted by Crippen LogP contribution is 2.20. The van der Waals surface area contributed by atoms with Gasteiger partial charge in [-0.3, -0.25) is 0 Å². The fraction of sp³-hybridized carbons (Fsp3) is 0.538. The van der Waals surface area contributed by atoms with Crippen molar-refractivity contribution in [1.82, 2.24) is 0 Å². The van der Waals surface area contributed by atoms with Gasteiger partial charge in [0.05, 0.1) is 13.2 Å². The lowest BCUT2D eigenvalue weighted by molar-refractivity contribution is -0.557. The van der Waals surface area contributed by atoms with Crippen LogP contribution in [0.25, 0.3) is 0 Å². The van der Waals surface area contributed by atoms with Gasteiger partial charge in [0, 0.05) is 20.3 Å². The first kappa shape index (κ1) is 14.4. The van der Waals surface area contributed by atoms with E-state index in [0.29, 0.717) is 24.4 Å². The van der Waals surface area contributed by atoms with Crippen LogP contribution in [0.5, 0.6) is 0 Å². The zero-order chi connectivity index (χ0) is 13.7. The molecule has 0 saturated heterocycles. The van der Waals surface area contributed by atoms with E-state index in [1.807, 2.05) is 0 Å². The Hall–Kier alpha value is -1.62. The second-order valence-corrected chi connectivity index (χ2v) is 3.95. The van der Waals surface area contributed by atoms with Crippen molar-refractivity contribution in [3.63, 3.8) is 0 Å². The summed E-state index contributed by atoms with van der Waals surface area (Å²) in [5.74, 6) is -0.784. The van der Waals surface area contributed by atoms with Crippen LogP contribution in [0.4, 0.5) is 0 Å². The molecule has 0 aromatic rings. The monoisotopic (exact) mass is 253 g/mol. The van der Waals surface area contributed by atoms with Crippen LogP contribution >= 0.6 is 0 Å². The second kappa shape index (κ2) is 6.35. The molecule has 1 aliphatic heterocycles. The van der Waals surface area contributed by atoms with Gasteiger partial charge in [0.15, 0.2) is 11.4 Å². The first-order valence-corrected chi connectivity index (χ1v) is 6.02. The largest absolute Gasteiger partial charge is 0.462 e. The lowest BCUT2D eigenvalue weighted by Gasteiger charge is -2.15. The van der Waals surface area contributed by atoms with Gasteiger partial charge in [0.2, 0.25) is 0 Å². The number of dihydropyridines is 1. The van der Waals surface area contributed by atoms with E-state index in [-0.39, 0.29) is 6.42 Å². The molecule has 1 rings (SSSR count). The molecule has 0 unspecified atom stereocenters. The van der Waals surface area contributed by atoms with Crippen molar-refractivity contribution >= 4 is 11.9 Å². The molecular weight excluding hydrogens is 234 g/mol. The standard InChI is InChI=1S/C13H19NO4/c1-5-17-12(15)10-7-11(13(16)18-6-2)9(4)14-8(10)3/h14H,5-7H2,1-4H3/q+1. The van der Waals surface area contributed by atoms with Crippen molar-refractivity contribution in [2.45, 2.75) is 34.1 Å². The number of rotatable bonds is 4. The fourth-order valence-electron chi connectivity index (χ4n) is 1.76. The first-order chi connectivity index (χ1) is 8.51. The second-order valence-electron chi connectivity index (χ2n) is 3.95. The zero-order valence-electron chi connectivity index (χ0n) is 11.3. The molecule has 5 heteroatoms. The minimum atomic E-state index is -0.392. The Labute approximate surface area is 107 Å². The molecule has 0 aromatic carbocycles. The van der Waals surface area contributed by atoms with Gasteiger partial charge in [-0.15, -0.1) is 5.32 Å². The van der Waals surface area contributed by atoms with Crippen LogP contribution in [-0.4, -0.2) is 25.2 Å². The molecule has 0 bridgehead atoms. The Kier molecular flexibility index (Phi) is 5.09. The number of carbonyl (C=O) groups excluding carboxylic acids is 2. The fourth-order valence-corrected chi connectivity index (χ4v) is 1.76. The molecule has 1 aliphatic rings. The molecule has 1 heterocycles. The summed E-state index contributed by atoms with van der Waals surface area (Å²) in [7, 11) is 0. The molecule has 0 aliphatic carbocycles. The zero-order valence-corrected chi connectivity index (χ0v) is 11.3. The van der Waals surface area contributed by atoms with Crippen molar-refractivity contribution in [1.29, 1.82) is 0 Å². The third-order valence-electron chi connectivity index (χ3n) is 2.68. The smallest absolute Gasteiger partial charge is 0.340 e. The summed E-state index contributed by atoms with van der Waals surface area (Å²) in [4.78, 5) is 23.5. The van der Waals surface area contributed by atoms with Crippen LogP contribution in [0.3, 0.4) is 0 Å². The summed E-state index contributed by atoms with van der Waals surface area (Å²) in [5, 5.41) is 3.02. The Balaban J connectivity index is 2.89. The highest BCUT2D eigenvalue weighted by molar-refractivity contribution is 5.95. The van der Waals surface area contributed by atoms with Crippen LogP contribution in [0.1, 0.15) is 34.1 Å². The topological polar surface area (TPSA) is 68.2 Å². The number of esters is 2. The van der Waals surface area contributed by atoms with Gasteiger partial charge in [-0.25, -0.2) is 9.59 Å². The van der Waals surface area contributed by atoms with E-state index in [2.05, 4.69) is 5.32 Å². The molecule has 0 saturated carbocycles. The molecule has 0 amide bonds. The lowest BCUT2D eigenvalue weighted by Crippen LogP contribution is -2.80. The average molecular weight is 253 g/mol. The van der Waals surface area contributed by atoms with Crippen LogP contribution in [-0.2, 0) is 19.1 Å². The normalized spacial score (nSPS) is 15.8. The highest BCUT2D eigenvalue weighted by Gasteiger charge is 2.32. The summed E-state index contributed by atoms with van der Waals surface area (Å²) in [6.45, 7) is 7.70. The quantitative estimate of drug-likeness (QED) is 0.737. The van der Waals surface area contributed by atoms with Gasteiger partial charge in [0.25, 0.3) is 0 Å². The summed E-state index contributed by atoms with van der Waals surface area (Å²) < 4.78 is 9.93. The summed E-state index contributed by atoms with van der Waals surface area (Å²) in [6, 6.07) is 0. The Morgan fingerprint density at radius 2 is 1.39 bits per heavy atom. The minimum Gasteiger partial charge on any atom is -0.462 e. The van der Waals surface area contributed by atoms with E-state index < -0.39 is 11.9 Å². The lowest BCUT2D eigenvalue weighted by atomic mass is 9.98. The van der Waals surface area contributed by atoms with Gasteiger partial charge in [-0.2, -0.15) is 0 Å². The molecule has 0 fully saturated rings. The molecular formula is C13H19NO4+. The van der Waals surface area contributed by atoms with Crippen LogP contribution in [0, 0.1) is 0 Å². The van der Waals surface area contributed by atoms with Crippen molar-refractivity contribution < 1.29 is 24.4 Å². The summed E-state index contributed by atoms with van der Waals surface area (Å²) >= 11 is 0. The number of allylic oxidation sites excluding steroid dienone is 2. The van der Waals surface area contributed by atoms with E-state index in [1.54, 1.807) is 27.7 Å². The van der Waals surface area contributed by atoms with Crippen molar-refractivity contribution in [2.24, 2.45) is 0 Å². The number of hydrogen-bond acceptors (Lipinski definition) is 5. The van der Waals surface area contributed by atoms with Gasteiger partial charge >= 0.3 is 11.9 Å². The molecule has 0 aromatic heterocycles. The van der Waals surface area contributed by atoms with E-state index in [4.69, 9.17) is 9.47 Å². The van der Waals surface area contributed by atoms with Crippen molar-refractivity contribution in [3.05, 3.63) is 22.5 Å². The Morgan fingerprint density at radius 1 is 1.00 bits per heavy atom. The number of carbonyl (C=O) groups is 2. The third kappa shape index (κ3) is 3.20.